The van der Waals surface area contributed by atoms with Gasteiger partial charge in [0.15, 0.2) is 0 Å². The van der Waals surface area contributed by atoms with Crippen LogP contribution in [-0.2, 0) is 4.79 Å². The van der Waals surface area contributed by atoms with Gasteiger partial charge in [0.1, 0.15) is 4.33 Å². The number of alkyl halides is 2. The molecule has 0 heterocycles. The molecule has 1 fully saturated rings. The number of rotatable bonds is 5. The first-order valence-electron chi connectivity index (χ1n) is 6.26. The maximum atomic E-state index is 11.9. The van der Waals surface area contributed by atoms with E-state index in [1.807, 2.05) is 0 Å². The van der Waals surface area contributed by atoms with Gasteiger partial charge in [-0.25, -0.2) is 0 Å². The first-order chi connectivity index (χ1) is 9.67. The summed E-state index contributed by atoms with van der Waals surface area (Å²) < 4.78 is -1.06. The largest absolute Gasteiger partial charge is 0.387 e. The van der Waals surface area contributed by atoms with Crippen molar-refractivity contribution in [3.05, 3.63) is 39.9 Å². The van der Waals surface area contributed by atoms with E-state index in [9.17, 15) is 20.0 Å². The quantitative estimate of drug-likeness (QED) is 0.491. The van der Waals surface area contributed by atoms with Crippen molar-refractivity contribution in [2.75, 3.05) is 6.54 Å². The molecule has 2 N–H and O–H groups in total. The van der Waals surface area contributed by atoms with Crippen LogP contribution in [-0.4, -0.2) is 26.8 Å². The number of hydrogen-bond acceptors (Lipinski definition) is 4. The number of aliphatic hydroxyl groups is 1. The highest BCUT2D eigenvalue weighted by atomic mass is 35.5. The molecule has 0 radical (unpaired) electrons. The second-order valence-corrected chi connectivity index (χ2v) is 6.77. The molecular formula is C13H14Cl2N2O4. The smallest absolute Gasteiger partial charge is 0.269 e. The fraction of sp³-hybridized carbons (Fsp3) is 0.462. The van der Waals surface area contributed by atoms with Gasteiger partial charge in [-0.15, -0.1) is 23.2 Å². The zero-order chi connectivity index (χ0) is 15.8. The number of amides is 1. The van der Waals surface area contributed by atoms with Crippen LogP contribution in [0.1, 0.15) is 25.0 Å². The van der Waals surface area contributed by atoms with Crippen LogP contribution < -0.4 is 5.32 Å². The molecule has 0 spiro atoms. The van der Waals surface area contributed by atoms with Crippen molar-refractivity contribution < 1.29 is 14.8 Å². The summed E-state index contributed by atoms with van der Waals surface area (Å²) in [6, 6.07) is 5.48. The minimum Gasteiger partial charge on any atom is -0.387 e. The lowest BCUT2D eigenvalue weighted by atomic mass is 10.1. The normalized spacial score (nSPS) is 24.2. The van der Waals surface area contributed by atoms with Gasteiger partial charge in [-0.2, -0.15) is 0 Å². The Morgan fingerprint density at radius 3 is 2.43 bits per heavy atom. The molecule has 2 rings (SSSR count). The van der Waals surface area contributed by atoms with Crippen molar-refractivity contribution in [3.8, 4) is 0 Å². The Bertz CT molecular complexity index is 576. The zero-order valence-corrected chi connectivity index (χ0v) is 12.7. The van der Waals surface area contributed by atoms with E-state index in [2.05, 4.69) is 5.32 Å². The van der Waals surface area contributed by atoms with Gasteiger partial charge in [0.05, 0.1) is 16.4 Å². The molecule has 1 amide bonds. The molecule has 2 atom stereocenters. The van der Waals surface area contributed by atoms with E-state index < -0.39 is 20.8 Å². The third kappa shape index (κ3) is 3.12. The molecule has 1 aliphatic carbocycles. The standard InChI is InChI=1S/C13H14Cl2N2O4/c1-12(7-13(12,14)15)11(19)16-6-10(18)8-2-4-9(5-3-8)17(20)21/h2-5,10,18H,6-7H2,1H3,(H,16,19)/t10-,12-/m0/s1. The highest BCUT2D eigenvalue weighted by molar-refractivity contribution is 6.53. The van der Waals surface area contributed by atoms with Gasteiger partial charge < -0.3 is 10.4 Å². The van der Waals surface area contributed by atoms with Crippen molar-refractivity contribution in [2.45, 2.75) is 23.8 Å². The van der Waals surface area contributed by atoms with Gasteiger partial charge in [0, 0.05) is 18.7 Å². The van der Waals surface area contributed by atoms with Gasteiger partial charge in [-0.3, -0.25) is 14.9 Å². The molecule has 8 heteroatoms. The number of nitro groups is 1. The van der Waals surface area contributed by atoms with Crippen LogP contribution in [0.4, 0.5) is 5.69 Å². The number of halogens is 2. The molecule has 0 aliphatic heterocycles. The van der Waals surface area contributed by atoms with Gasteiger partial charge in [-0.05, 0) is 31.0 Å². The number of nitrogens with one attached hydrogen (secondary N) is 1. The average molecular weight is 333 g/mol. The highest BCUT2D eigenvalue weighted by Gasteiger charge is 2.67. The minimum absolute atomic E-state index is 0.0178. The van der Waals surface area contributed by atoms with E-state index in [-0.39, 0.29) is 18.1 Å². The Kier molecular flexibility index (Phi) is 4.15. The van der Waals surface area contributed by atoms with E-state index >= 15 is 0 Å². The van der Waals surface area contributed by atoms with Gasteiger partial charge in [-0.1, -0.05) is 0 Å². The molecule has 0 bridgehead atoms. The van der Waals surface area contributed by atoms with Crippen LogP contribution in [0, 0.1) is 15.5 Å². The summed E-state index contributed by atoms with van der Waals surface area (Å²) in [7, 11) is 0. The summed E-state index contributed by atoms with van der Waals surface area (Å²) in [5, 5.41) is 23.1. The Balaban J connectivity index is 1.92. The third-order valence-electron chi connectivity index (χ3n) is 3.70. The fourth-order valence-electron chi connectivity index (χ4n) is 1.97. The monoisotopic (exact) mass is 332 g/mol. The van der Waals surface area contributed by atoms with Crippen molar-refractivity contribution in [1.82, 2.24) is 5.32 Å². The Morgan fingerprint density at radius 1 is 1.48 bits per heavy atom. The molecule has 114 valence electrons. The van der Waals surface area contributed by atoms with Gasteiger partial charge in [0.2, 0.25) is 5.91 Å². The summed E-state index contributed by atoms with van der Waals surface area (Å²) in [6.07, 6.45) is -0.597. The van der Waals surface area contributed by atoms with E-state index in [1.54, 1.807) is 6.92 Å². The molecule has 1 saturated carbocycles. The molecule has 1 aliphatic rings. The van der Waals surface area contributed by atoms with Crippen LogP contribution in [0.25, 0.3) is 0 Å². The van der Waals surface area contributed by atoms with Crippen LogP contribution >= 0.6 is 23.2 Å². The SMILES string of the molecule is C[C@@]1(C(=O)NC[C@H](O)c2ccc([N+](=O)[O-])cc2)CC1(Cl)Cl. The number of hydrogen-bond donors (Lipinski definition) is 2. The Labute approximate surface area is 131 Å². The number of aliphatic hydroxyl groups excluding tert-OH is 1. The molecule has 6 nitrogen and oxygen atoms in total. The number of nitro benzene ring substituents is 1. The van der Waals surface area contributed by atoms with Crippen LogP contribution in [0.15, 0.2) is 24.3 Å². The second-order valence-electron chi connectivity index (χ2n) is 5.29. The van der Waals surface area contributed by atoms with Crippen LogP contribution in [0.2, 0.25) is 0 Å². The first-order valence-corrected chi connectivity index (χ1v) is 7.01. The predicted octanol–water partition coefficient (Wildman–Crippen LogP) is 2.33. The lowest BCUT2D eigenvalue weighted by Gasteiger charge is -2.16. The molecule has 1 aromatic carbocycles. The Hall–Kier alpha value is -1.37. The second kappa shape index (κ2) is 5.44. The number of nitrogens with zero attached hydrogens (tertiary/aromatic N) is 1. The maximum absolute atomic E-state index is 11.9. The van der Waals surface area contributed by atoms with Crippen molar-refractivity contribution in [3.63, 3.8) is 0 Å². The van der Waals surface area contributed by atoms with E-state index in [0.29, 0.717) is 12.0 Å². The van der Waals surface area contributed by atoms with Crippen LogP contribution in [0.5, 0.6) is 0 Å². The number of carbonyl (C=O) groups excluding carboxylic acids is 1. The fourth-order valence-corrected chi connectivity index (χ4v) is 2.67. The summed E-state index contributed by atoms with van der Waals surface area (Å²) in [6.45, 7) is 1.64. The van der Waals surface area contributed by atoms with Gasteiger partial charge in [0.25, 0.3) is 5.69 Å². The average Bonchev–Trinajstić information content (AvgIpc) is 2.96. The lowest BCUT2D eigenvalue weighted by Crippen LogP contribution is -2.36. The maximum Gasteiger partial charge on any atom is 0.269 e. The molecular weight excluding hydrogens is 319 g/mol. The molecule has 0 aromatic heterocycles. The number of non-ortho nitro benzene ring substituents is 1. The molecule has 1 aromatic rings. The summed E-state index contributed by atoms with van der Waals surface area (Å²) in [4.78, 5) is 22.0. The predicted molar refractivity (Wildman–Crippen MR) is 78.2 cm³/mol. The van der Waals surface area contributed by atoms with E-state index in [1.165, 1.54) is 24.3 Å². The molecule has 0 saturated heterocycles. The van der Waals surface area contributed by atoms with Gasteiger partial charge >= 0.3 is 0 Å². The number of carbonyl (C=O) groups is 1. The summed E-state index contributed by atoms with van der Waals surface area (Å²) in [5.74, 6) is -0.325. The van der Waals surface area contributed by atoms with Crippen LogP contribution in [0.3, 0.4) is 0 Å². The van der Waals surface area contributed by atoms with Crippen molar-refractivity contribution >= 4 is 34.8 Å². The Morgan fingerprint density at radius 2 is 2.00 bits per heavy atom. The summed E-state index contributed by atoms with van der Waals surface area (Å²) >= 11 is 11.8. The minimum atomic E-state index is -1.06. The molecule has 21 heavy (non-hydrogen) atoms. The third-order valence-corrected chi connectivity index (χ3v) is 4.81. The topological polar surface area (TPSA) is 92.5 Å². The van der Waals surface area contributed by atoms with E-state index in [4.69, 9.17) is 23.2 Å². The zero-order valence-electron chi connectivity index (χ0n) is 11.2. The van der Waals surface area contributed by atoms with Crippen molar-refractivity contribution in [2.24, 2.45) is 5.41 Å². The lowest BCUT2D eigenvalue weighted by molar-refractivity contribution is -0.384. The summed E-state index contributed by atoms with van der Waals surface area (Å²) in [5.41, 5.74) is -0.426. The highest BCUT2D eigenvalue weighted by Crippen LogP contribution is 2.63. The number of benzene rings is 1. The van der Waals surface area contributed by atoms with Crippen molar-refractivity contribution in [1.29, 1.82) is 0 Å². The van der Waals surface area contributed by atoms with E-state index in [0.717, 1.165) is 0 Å². The molecule has 0 unspecified atom stereocenters. The first kappa shape index (κ1) is 16.0.